The normalized spacial score (nSPS) is 17.2. The van der Waals surface area contributed by atoms with Crippen molar-refractivity contribution in [3.8, 4) is 0 Å². The monoisotopic (exact) mass is 370 g/mol. The van der Waals surface area contributed by atoms with Gasteiger partial charge in [-0.3, -0.25) is 9.52 Å². The van der Waals surface area contributed by atoms with Crippen molar-refractivity contribution >= 4 is 27.3 Å². The fourth-order valence-corrected chi connectivity index (χ4v) is 4.85. The minimum Gasteiger partial charge on any atom is -0.312 e. The van der Waals surface area contributed by atoms with E-state index in [2.05, 4.69) is 4.72 Å². The van der Waals surface area contributed by atoms with Crippen LogP contribution in [0.5, 0.6) is 0 Å². The molecule has 1 heterocycles. The average Bonchev–Trinajstić information content (AvgIpc) is 3.07. The molecule has 0 saturated carbocycles. The molecule has 1 fully saturated rings. The van der Waals surface area contributed by atoms with Crippen molar-refractivity contribution in [3.63, 3.8) is 0 Å². The van der Waals surface area contributed by atoms with Gasteiger partial charge in [0.25, 0.3) is 10.0 Å². The molecule has 1 aliphatic heterocycles. The van der Waals surface area contributed by atoms with Crippen LogP contribution in [0.2, 0.25) is 0 Å². The van der Waals surface area contributed by atoms with Gasteiger partial charge in [-0.25, -0.2) is 8.42 Å². The Kier molecular flexibility index (Phi) is 4.44. The molecule has 0 aromatic heterocycles. The highest BCUT2D eigenvalue weighted by Gasteiger charge is 2.23. The van der Waals surface area contributed by atoms with Gasteiger partial charge in [-0.15, -0.1) is 0 Å². The molecular formula is C20H22N2O3S. The molecule has 2 aromatic rings. The van der Waals surface area contributed by atoms with Crippen LogP contribution in [-0.2, 0) is 27.7 Å². The highest BCUT2D eigenvalue weighted by molar-refractivity contribution is 7.92. The smallest absolute Gasteiger partial charge is 0.261 e. The third-order valence-electron chi connectivity index (χ3n) is 5.11. The van der Waals surface area contributed by atoms with Gasteiger partial charge in [-0.2, -0.15) is 0 Å². The Labute approximate surface area is 154 Å². The maximum atomic E-state index is 12.8. The number of anilines is 2. The molecule has 26 heavy (non-hydrogen) atoms. The van der Waals surface area contributed by atoms with E-state index in [0.717, 1.165) is 36.9 Å². The van der Waals surface area contributed by atoms with Crippen molar-refractivity contribution in [2.45, 2.75) is 43.4 Å². The molecule has 136 valence electrons. The summed E-state index contributed by atoms with van der Waals surface area (Å²) >= 11 is 0. The van der Waals surface area contributed by atoms with E-state index in [4.69, 9.17) is 0 Å². The van der Waals surface area contributed by atoms with Gasteiger partial charge < -0.3 is 4.90 Å². The lowest BCUT2D eigenvalue weighted by Gasteiger charge is -2.18. The molecule has 1 aliphatic carbocycles. The van der Waals surface area contributed by atoms with Crippen LogP contribution in [0.1, 0.15) is 36.8 Å². The van der Waals surface area contributed by atoms with Crippen molar-refractivity contribution < 1.29 is 13.2 Å². The maximum absolute atomic E-state index is 12.8. The zero-order chi connectivity index (χ0) is 18.1. The van der Waals surface area contributed by atoms with Crippen LogP contribution < -0.4 is 9.62 Å². The summed E-state index contributed by atoms with van der Waals surface area (Å²) < 4.78 is 28.2. The molecule has 0 radical (unpaired) electrons. The molecule has 5 nitrogen and oxygen atoms in total. The number of sulfonamides is 1. The van der Waals surface area contributed by atoms with Crippen LogP contribution in [0.15, 0.2) is 47.4 Å². The molecule has 6 heteroatoms. The summed E-state index contributed by atoms with van der Waals surface area (Å²) in [6.45, 7) is 0.680. The molecule has 2 aliphatic rings. The number of fused-ring (bicyclic) bond motifs is 1. The van der Waals surface area contributed by atoms with Crippen LogP contribution >= 0.6 is 0 Å². The van der Waals surface area contributed by atoms with E-state index in [-0.39, 0.29) is 5.91 Å². The van der Waals surface area contributed by atoms with Crippen LogP contribution in [0, 0.1) is 0 Å². The zero-order valence-corrected chi connectivity index (χ0v) is 15.4. The van der Waals surface area contributed by atoms with E-state index < -0.39 is 10.0 Å². The molecule has 1 saturated heterocycles. The Morgan fingerprint density at radius 2 is 1.69 bits per heavy atom. The number of carbonyl (C=O) groups is 1. The number of benzene rings is 2. The predicted octanol–water partition coefficient (Wildman–Crippen LogP) is 3.49. The minimum atomic E-state index is -3.65. The zero-order valence-electron chi connectivity index (χ0n) is 14.6. The van der Waals surface area contributed by atoms with Gasteiger partial charge in [0.05, 0.1) is 10.6 Å². The van der Waals surface area contributed by atoms with Crippen molar-refractivity contribution in [3.05, 3.63) is 53.6 Å². The minimum absolute atomic E-state index is 0.0831. The van der Waals surface area contributed by atoms with Gasteiger partial charge in [0.15, 0.2) is 0 Å². The first-order valence-corrected chi connectivity index (χ1v) is 10.6. The summed E-state index contributed by atoms with van der Waals surface area (Å²) in [5.41, 5.74) is 3.60. The van der Waals surface area contributed by atoms with E-state index in [1.165, 1.54) is 12.0 Å². The average molecular weight is 370 g/mol. The number of amides is 1. The highest BCUT2D eigenvalue weighted by atomic mass is 32.2. The number of hydrogen-bond acceptors (Lipinski definition) is 3. The van der Waals surface area contributed by atoms with Gasteiger partial charge in [-0.05, 0) is 73.6 Å². The molecule has 1 N–H and O–H groups in total. The number of hydrogen-bond donors (Lipinski definition) is 1. The molecule has 1 amide bonds. The first-order valence-electron chi connectivity index (χ1n) is 9.08. The summed E-state index contributed by atoms with van der Waals surface area (Å²) in [4.78, 5) is 13.9. The topological polar surface area (TPSA) is 66.5 Å². The summed E-state index contributed by atoms with van der Waals surface area (Å²) in [6, 6.07) is 12.4. The Morgan fingerprint density at radius 1 is 0.885 bits per heavy atom. The number of nitrogens with one attached hydrogen (secondary N) is 1. The third kappa shape index (κ3) is 3.33. The second kappa shape index (κ2) is 6.76. The Balaban J connectivity index is 1.59. The maximum Gasteiger partial charge on any atom is 0.261 e. The van der Waals surface area contributed by atoms with Crippen LogP contribution in [-0.4, -0.2) is 20.9 Å². The molecule has 0 bridgehead atoms. The fraction of sp³-hybridized carbons (Fsp3) is 0.350. The van der Waals surface area contributed by atoms with E-state index in [9.17, 15) is 13.2 Å². The molecule has 0 unspecified atom stereocenters. The Hall–Kier alpha value is -2.34. The Bertz CT molecular complexity index is 953. The van der Waals surface area contributed by atoms with Gasteiger partial charge in [-0.1, -0.05) is 12.1 Å². The largest absolute Gasteiger partial charge is 0.312 e. The first kappa shape index (κ1) is 17.1. The van der Waals surface area contributed by atoms with Crippen LogP contribution in [0.4, 0.5) is 11.4 Å². The second-order valence-electron chi connectivity index (χ2n) is 6.94. The number of rotatable bonds is 4. The molecular weight excluding hydrogens is 348 g/mol. The van der Waals surface area contributed by atoms with E-state index in [1.807, 2.05) is 12.1 Å². The number of nitrogens with zero attached hydrogens (tertiary/aromatic N) is 1. The molecule has 0 atom stereocenters. The highest BCUT2D eigenvalue weighted by Crippen LogP contribution is 2.27. The van der Waals surface area contributed by atoms with Crippen molar-refractivity contribution in [1.29, 1.82) is 0 Å². The van der Waals surface area contributed by atoms with E-state index in [0.29, 0.717) is 23.5 Å². The van der Waals surface area contributed by atoms with Gasteiger partial charge in [0.2, 0.25) is 5.91 Å². The standard InChI is InChI=1S/C20H22N2O3S/c23-20-9-4-12-22(20)18-8-3-7-17(14-18)21-26(24,25)19-11-10-15-5-1-2-6-16(15)13-19/h3,7-8,10-11,13-14,21H,1-2,4-6,9,12H2. The van der Waals surface area contributed by atoms with Gasteiger partial charge in [0, 0.05) is 18.7 Å². The van der Waals surface area contributed by atoms with Gasteiger partial charge >= 0.3 is 0 Å². The van der Waals surface area contributed by atoms with Crippen molar-refractivity contribution in [2.24, 2.45) is 0 Å². The fourth-order valence-electron chi connectivity index (χ4n) is 3.75. The summed E-state index contributed by atoms with van der Waals surface area (Å²) in [7, 11) is -3.65. The Morgan fingerprint density at radius 3 is 2.46 bits per heavy atom. The van der Waals surface area contributed by atoms with Gasteiger partial charge in [0.1, 0.15) is 0 Å². The molecule has 2 aromatic carbocycles. The molecule has 0 spiro atoms. The second-order valence-corrected chi connectivity index (χ2v) is 8.62. The predicted molar refractivity (Wildman–Crippen MR) is 102 cm³/mol. The molecule has 4 rings (SSSR count). The lowest BCUT2D eigenvalue weighted by atomic mass is 9.92. The lowest BCUT2D eigenvalue weighted by molar-refractivity contribution is -0.117. The van der Waals surface area contributed by atoms with Crippen LogP contribution in [0.25, 0.3) is 0 Å². The lowest BCUT2D eigenvalue weighted by Crippen LogP contribution is -2.23. The third-order valence-corrected chi connectivity index (χ3v) is 6.49. The number of aryl methyl sites for hydroxylation is 2. The first-order chi connectivity index (χ1) is 12.5. The van der Waals surface area contributed by atoms with Crippen molar-refractivity contribution in [1.82, 2.24) is 0 Å². The summed E-state index contributed by atoms with van der Waals surface area (Å²) in [5.74, 6) is 0.0831. The SMILES string of the molecule is O=C1CCCN1c1cccc(NS(=O)(=O)c2ccc3c(c2)CCCC3)c1. The van der Waals surface area contributed by atoms with E-state index >= 15 is 0 Å². The quantitative estimate of drug-likeness (QED) is 0.896. The number of carbonyl (C=O) groups excluding carboxylic acids is 1. The summed E-state index contributed by atoms with van der Waals surface area (Å²) in [5, 5.41) is 0. The van der Waals surface area contributed by atoms with Crippen LogP contribution in [0.3, 0.4) is 0 Å². The van der Waals surface area contributed by atoms with E-state index in [1.54, 1.807) is 35.2 Å². The van der Waals surface area contributed by atoms with Crippen molar-refractivity contribution in [2.75, 3.05) is 16.2 Å². The summed E-state index contributed by atoms with van der Waals surface area (Å²) in [6.07, 6.45) is 5.62.